The molecule has 0 spiro atoms. The molecule has 0 atom stereocenters. The van der Waals surface area contributed by atoms with Crippen LogP contribution in [-0.4, -0.2) is 33.9 Å². The van der Waals surface area contributed by atoms with E-state index in [2.05, 4.69) is 10.3 Å². The molecule has 0 fully saturated rings. The second-order valence-electron chi connectivity index (χ2n) is 3.97. The van der Waals surface area contributed by atoms with E-state index in [4.69, 9.17) is 0 Å². The van der Waals surface area contributed by atoms with Crippen LogP contribution in [0.25, 0.3) is 0 Å². The smallest absolute Gasteiger partial charge is 0.394 e. The first-order valence-corrected chi connectivity index (χ1v) is 5.40. The Bertz CT molecular complexity index is 384. The van der Waals surface area contributed by atoms with Crippen LogP contribution in [0.3, 0.4) is 0 Å². The molecule has 3 N–H and O–H groups in total. The number of aliphatic hydroxyl groups excluding tert-OH is 2. The van der Waals surface area contributed by atoms with Crippen molar-refractivity contribution in [3.8, 4) is 0 Å². The number of aliphatic hydroxyl groups is 2. The molecule has 1 rings (SSSR count). The molecule has 1 heterocycles. The zero-order chi connectivity index (χ0) is 13.8. The van der Waals surface area contributed by atoms with Crippen molar-refractivity contribution in [1.29, 1.82) is 0 Å². The van der Waals surface area contributed by atoms with Crippen LogP contribution in [-0.2, 0) is 6.18 Å². The van der Waals surface area contributed by atoms with E-state index in [1.807, 2.05) is 0 Å². The topological polar surface area (TPSA) is 65.4 Å². The third kappa shape index (κ3) is 3.11. The Morgan fingerprint density at radius 2 is 1.89 bits per heavy atom. The minimum absolute atomic E-state index is 0.258. The van der Waals surface area contributed by atoms with Crippen molar-refractivity contribution in [2.24, 2.45) is 0 Å². The lowest BCUT2D eigenvalue weighted by Gasteiger charge is -2.31. The number of aromatic nitrogens is 1. The van der Waals surface area contributed by atoms with Gasteiger partial charge in [0, 0.05) is 6.20 Å². The molecule has 0 aromatic carbocycles. The number of halogens is 3. The van der Waals surface area contributed by atoms with E-state index in [0.717, 1.165) is 6.07 Å². The Labute approximate surface area is 102 Å². The van der Waals surface area contributed by atoms with E-state index in [0.29, 0.717) is 0 Å². The highest BCUT2D eigenvalue weighted by Gasteiger charge is 2.36. The van der Waals surface area contributed by atoms with Gasteiger partial charge in [-0.25, -0.2) is 4.98 Å². The summed E-state index contributed by atoms with van der Waals surface area (Å²) in [4.78, 5) is 3.62. The molecule has 1 aromatic heterocycles. The molecule has 4 nitrogen and oxygen atoms in total. The Morgan fingerprint density at radius 1 is 1.28 bits per heavy atom. The molecule has 7 heteroatoms. The molecule has 0 amide bonds. The van der Waals surface area contributed by atoms with E-state index in [-0.39, 0.29) is 6.42 Å². The van der Waals surface area contributed by atoms with Gasteiger partial charge in [-0.2, -0.15) is 13.2 Å². The van der Waals surface area contributed by atoms with Crippen LogP contribution in [0.15, 0.2) is 18.3 Å². The molecule has 0 saturated carbocycles. The Balaban J connectivity index is 3.11. The van der Waals surface area contributed by atoms with Crippen LogP contribution in [0, 0.1) is 0 Å². The standard InChI is InChI=1S/C11H15F3N2O2/c1-2-10(6-17,7-18)16-9-8(11(12,13)14)4-3-5-15-9/h3-5,17-18H,2,6-7H2,1H3,(H,15,16). The third-order valence-corrected chi connectivity index (χ3v) is 2.78. The van der Waals surface area contributed by atoms with Gasteiger partial charge in [0.05, 0.1) is 24.3 Å². The molecule has 0 aliphatic heterocycles. The van der Waals surface area contributed by atoms with E-state index in [1.165, 1.54) is 12.3 Å². The average molecular weight is 264 g/mol. The summed E-state index contributed by atoms with van der Waals surface area (Å²) in [5.74, 6) is -0.394. The van der Waals surface area contributed by atoms with Gasteiger partial charge in [-0.15, -0.1) is 0 Å². The van der Waals surface area contributed by atoms with Gasteiger partial charge in [0.25, 0.3) is 0 Å². The summed E-state index contributed by atoms with van der Waals surface area (Å²) in [5, 5.41) is 20.9. The summed E-state index contributed by atoms with van der Waals surface area (Å²) in [6.45, 7) is 0.664. The molecule has 0 unspecified atom stereocenters. The van der Waals surface area contributed by atoms with Gasteiger partial charge in [-0.05, 0) is 18.6 Å². The fourth-order valence-corrected chi connectivity index (χ4v) is 1.43. The fraction of sp³-hybridized carbons (Fsp3) is 0.545. The molecule has 0 aliphatic carbocycles. The summed E-state index contributed by atoms with van der Waals surface area (Å²) >= 11 is 0. The van der Waals surface area contributed by atoms with E-state index >= 15 is 0 Å². The molecule has 18 heavy (non-hydrogen) atoms. The zero-order valence-electron chi connectivity index (χ0n) is 9.83. The molecule has 102 valence electrons. The summed E-state index contributed by atoms with van der Waals surface area (Å²) in [7, 11) is 0. The second kappa shape index (κ2) is 5.53. The summed E-state index contributed by atoms with van der Waals surface area (Å²) < 4.78 is 38.2. The van der Waals surface area contributed by atoms with Gasteiger partial charge in [0.1, 0.15) is 5.82 Å². The fourth-order valence-electron chi connectivity index (χ4n) is 1.43. The number of anilines is 1. The molecule has 0 saturated heterocycles. The quantitative estimate of drug-likeness (QED) is 0.756. The number of nitrogens with zero attached hydrogens (tertiary/aromatic N) is 1. The van der Waals surface area contributed by atoms with Crippen molar-refractivity contribution in [1.82, 2.24) is 4.98 Å². The molecular formula is C11H15F3N2O2. The van der Waals surface area contributed by atoms with Crippen molar-refractivity contribution >= 4 is 5.82 Å². The van der Waals surface area contributed by atoms with Crippen molar-refractivity contribution < 1.29 is 23.4 Å². The molecule has 1 aromatic rings. The minimum atomic E-state index is -4.54. The second-order valence-corrected chi connectivity index (χ2v) is 3.97. The van der Waals surface area contributed by atoms with Crippen LogP contribution in [0.4, 0.5) is 19.0 Å². The van der Waals surface area contributed by atoms with Crippen molar-refractivity contribution in [2.75, 3.05) is 18.5 Å². The summed E-state index contributed by atoms with van der Waals surface area (Å²) in [6.07, 6.45) is -3.07. The highest BCUT2D eigenvalue weighted by atomic mass is 19.4. The van der Waals surface area contributed by atoms with Crippen LogP contribution < -0.4 is 5.32 Å². The zero-order valence-corrected chi connectivity index (χ0v) is 9.83. The first-order valence-electron chi connectivity index (χ1n) is 5.40. The maximum Gasteiger partial charge on any atom is 0.419 e. The number of alkyl halides is 3. The van der Waals surface area contributed by atoms with Crippen molar-refractivity contribution in [3.63, 3.8) is 0 Å². The van der Waals surface area contributed by atoms with Crippen LogP contribution in [0.2, 0.25) is 0 Å². The summed E-state index contributed by atoms with van der Waals surface area (Å²) in [6, 6.07) is 2.07. The van der Waals surface area contributed by atoms with Crippen molar-refractivity contribution in [3.05, 3.63) is 23.9 Å². The normalized spacial score (nSPS) is 12.6. The number of pyridine rings is 1. The highest BCUT2D eigenvalue weighted by molar-refractivity contribution is 5.47. The van der Waals surface area contributed by atoms with E-state index in [1.54, 1.807) is 6.92 Å². The number of hydrogen-bond donors (Lipinski definition) is 3. The van der Waals surface area contributed by atoms with Gasteiger partial charge >= 0.3 is 6.18 Å². The molecule has 0 bridgehead atoms. The maximum atomic E-state index is 12.7. The first kappa shape index (κ1) is 14.7. The molecule has 0 radical (unpaired) electrons. The Hall–Kier alpha value is -1.34. The lowest BCUT2D eigenvalue weighted by Crippen LogP contribution is -2.45. The average Bonchev–Trinajstić information content (AvgIpc) is 2.35. The lowest BCUT2D eigenvalue weighted by atomic mass is 9.98. The van der Waals surface area contributed by atoms with Crippen LogP contribution in [0.1, 0.15) is 18.9 Å². The van der Waals surface area contributed by atoms with Crippen LogP contribution in [0.5, 0.6) is 0 Å². The van der Waals surface area contributed by atoms with E-state index in [9.17, 15) is 23.4 Å². The van der Waals surface area contributed by atoms with E-state index < -0.39 is 36.3 Å². The number of nitrogens with one attached hydrogen (secondary N) is 1. The van der Waals surface area contributed by atoms with Gasteiger partial charge < -0.3 is 15.5 Å². The van der Waals surface area contributed by atoms with Crippen molar-refractivity contribution in [2.45, 2.75) is 25.1 Å². The minimum Gasteiger partial charge on any atom is -0.394 e. The maximum absolute atomic E-state index is 12.7. The molecule has 0 aliphatic rings. The monoisotopic (exact) mass is 264 g/mol. The molecular weight excluding hydrogens is 249 g/mol. The van der Waals surface area contributed by atoms with Gasteiger partial charge in [0.15, 0.2) is 0 Å². The predicted octanol–water partition coefficient (Wildman–Crippen LogP) is 1.65. The summed E-state index contributed by atoms with van der Waals surface area (Å²) in [5.41, 5.74) is -2.14. The highest BCUT2D eigenvalue weighted by Crippen LogP contribution is 2.34. The first-order chi connectivity index (χ1) is 8.38. The largest absolute Gasteiger partial charge is 0.419 e. The number of hydrogen-bond acceptors (Lipinski definition) is 4. The predicted molar refractivity (Wildman–Crippen MR) is 60.1 cm³/mol. The van der Waals surface area contributed by atoms with Gasteiger partial charge in [-0.3, -0.25) is 0 Å². The Kier molecular flexibility index (Phi) is 4.53. The number of rotatable bonds is 5. The Morgan fingerprint density at radius 3 is 2.33 bits per heavy atom. The van der Waals surface area contributed by atoms with Gasteiger partial charge in [-0.1, -0.05) is 6.92 Å². The third-order valence-electron chi connectivity index (χ3n) is 2.78. The SMILES string of the molecule is CCC(CO)(CO)Nc1ncccc1C(F)(F)F. The van der Waals surface area contributed by atoms with Crippen LogP contribution >= 0.6 is 0 Å². The van der Waals surface area contributed by atoms with Gasteiger partial charge in [0.2, 0.25) is 0 Å². The lowest BCUT2D eigenvalue weighted by molar-refractivity contribution is -0.137.